The highest BCUT2D eigenvalue weighted by Gasteiger charge is 2.32. The largest absolute Gasteiger partial charge is 0.373 e. The summed E-state index contributed by atoms with van der Waals surface area (Å²) in [7, 11) is 0. The number of morpholine rings is 1. The van der Waals surface area contributed by atoms with Gasteiger partial charge in [0.05, 0.1) is 24.7 Å². The number of hydrogen-bond donors (Lipinski definition) is 0. The summed E-state index contributed by atoms with van der Waals surface area (Å²) >= 11 is 0. The Morgan fingerprint density at radius 2 is 1.87 bits per heavy atom. The number of anilines is 1. The number of rotatable bonds is 8. The van der Waals surface area contributed by atoms with Crippen LogP contribution in [0.2, 0.25) is 0 Å². The van der Waals surface area contributed by atoms with Gasteiger partial charge in [0.25, 0.3) is 0 Å². The SMILES string of the molecule is CC1CN(CC2CCCN2C(=O)CCC(=O)N(CCC#N)c2ccccc2)CC(C)O1. The third-order valence-corrected chi connectivity index (χ3v) is 6.03. The third-order valence-electron chi connectivity index (χ3n) is 6.03. The molecule has 7 heteroatoms. The van der Waals surface area contributed by atoms with E-state index in [4.69, 9.17) is 10.00 Å². The first-order valence-electron chi connectivity index (χ1n) is 11.4. The molecule has 3 unspecified atom stereocenters. The van der Waals surface area contributed by atoms with Crippen molar-refractivity contribution in [3.8, 4) is 6.07 Å². The van der Waals surface area contributed by atoms with Crippen LogP contribution < -0.4 is 4.90 Å². The normalized spacial score (nSPS) is 24.0. The first-order chi connectivity index (χ1) is 15.0. The average molecular weight is 427 g/mol. The second kappa shape index (κ2) is 11.3. The molecule has 0 bridgehead atoms. The number of ether oxygens (including phenoxy) is 1. The van der Waals surface area contributed by atoms with Crippen molar-refractivity contribution in [2.24, 2.45) is 0 Å². The van der Waals surface area contributed by atoms with Crippen LogP contribution in [0.3, 0.4) is 0 Å². The monoisotopic (exact) mass is 426 g/mol. The lowest BCUT2D eigenvalue weighted by Gasteiger charge is -2.38. The molecule has 2 aliphatic heterocycles. The fourth-order valence-electron chi connectivity index (χ4n) is 4.75. The van der Waals surface area contributed by atoms with Gasteiger partial charge in [-0.15, -0.1) is 0 Å². The summed E-state index contributed by atoms with van der Waals surface area (Å²) in [5, 5.41) is 8.94. The molecule has 2 fully saturated rings. The molecular weight excluding hydrogens is 392 g/mol. The number of likely N-dealkylation sites (tertiary alicyclic amines) is 1. The van der Waals surface area contributed by atoms with Crippen LogP contribution in [0, 0.1) is 11.3 Å². The molecule has 0 aromatic heterocycles. The summed E-state index contributed by atoms with van der Waals surface area (Å²) in [6, 6.07) is 11.7. The van der Waals surface area contributed by atoms with E-state index in [2.05, 4.69) is 24.8 Å². The summed E-state index contributed by atoms with van der Waals surface area (Å²) in [6.07, 6.45) is 3.08. The maximum absolute atomic E-state index is 13.0. The van der Waals surface area contributed by atoms with Crippen LogP contribution in [0.25, 0.3) is 0 Å². The van der Waals surface area contributed by atoms with Crippen LogP contribution in [0.5, 0.6) is 0 Å². The van der Waals surface area contributed by atoms with E-state index in [1.165, 1.54) is 0 Å². The van der Waals surface area contributed by atoms with E-state index in [1.807, 2.05) is 35.2 Å². The van der Waals surface area contributed by atoms with Gasteiger partial charge in [-0.3, -0.25) is 14.5 Å². The van der Waals surface area contributed by atoms with Crippen molar-refractivity contribution in [2.75, 3.05) is 37.6 Å². The van der Waals surface area contributed by atoms with Gasteiger partial charge in [-0.25, -0.2) is 0 Å². The predicted octanol–water partition coefficient (Wildman–Crippen LogP) is 2.81. The van der Waals surface area contributed by atoms with E-state index < -0.39 is 0 Å². The van der Waals surface area contributed by atoms with E-state index >= 15 is 0 Å². The average Bonchev–Trinajstić information content (AvgIpc) is 3.20. The molecule has 7 nitrogen and oxygen atoms in total. The Labute approximate surface area is 185 Å². The Bertz CT molecular complexity index is 769. The molecule has 1 aromatic carbocycles. The lowest BCUT2D eigenvalue weighted by molar-refractivity contribution is -0.134. The summed E-state index contributed by atoms with van der Waals surface area (Å²) in [5.74, 6) is -0.0557. The van der Waals surface area contributed by atoms with Crippen LogP contribution in [0.1, 0.15) is 46.0 Å². The minimum Gasteiger partial charge on any atom is -0.373 e. The molecule has 168 valence electrons. The molecule has 0 spiro atoms. The lowest BCUT2D eigenvalue weighted by atomic mass is 10.1. The molecule has 2 saturated heterocycles. The van der Waals surface area contributed by atoms with Gasteiger partial charge in [0.15, 0.2) is 0 Å². The summed E-state index contributed by atoms with van der Waals surface area (Å²) in [6.45, 7) is 7.96. The fraction of sp³-hybridized carbons (Fsp3) is 0.625. The Hall–Kier alpha value is -2.43. The van der Waals surface area contributed by atoms with Crippen molar-refractivity contribution in [3.05, 3.63) is 30.3 Å². The number of nitrogens with zero attached hydrogens (tertiary/aromatic N) is 4. The zero-order valence-electron chi connectivity index (χ0n) is 18.7. The number of para-hydroxylation sites is 1. The molecule has 0 aliphatic carbocycles. The van der Waals surface area contributed by atoms with Crippen LogP contribution in [-0.2, 0) is 14.3 Å². The lowest BCUT2D eigenvalue weighted by Crippen LogP contribution is -2.51. The Kier molecular flexibility index (Phi) is 8.44. The molecule has 3 rings (SSSR count). The number of carbonyl (C=O) groups excluding carboxylic acids is 2. The van der Waals surface area contributed by atoms with Crippen molar-refractivity contribution in [3.63, 3.8) is 0 Å². The summed E-state index contributed by atoms with van der Waals surface area (Å²) in [5.41, 5.74) is 0.768. The number of carbonyl (C=O) groups is 2. The van der Waals surface area contributed by atoms with Crippen LogP contribution >= 0.6 is 0 Å². The van der Waals surface area contributed by atoms with Gasteiger partial charge in [0, 0.05) is 57.3 Å². The predicted molar refractivity (Wildman–Crippen MR) is 119 cm³/mol. The highest BCUT2D eigenvalue weighted by molar-refractivity contribution is 5.95. The van der Waals surface area contributed by atoms with Crippen LogP contribution in [0.15, 0.2) is 30.3 Å². The standard InChI is InChI=1S/C24H34N4O3/c1-19-16-26(17-20(2)31-19)18-22-10-6-14-28(22)24(30)12-11-23(29)27(15-7-13-25)21-8-4-3-5-9-21/h3-5,8-9,19-20,22H,6-7,10-12,14-18H2,1-2H3. The summed E-state index contributed by atoms with van der Waals surface area (Å²) in [4.78, 5) is 31.8. The van der Waals surface area contributed by atoms with E-state index in [1.54, 1.807) is 4.90 Å². The van der Waals surface area contributed by atoms with Crippen LogP contribution in [-0.4, -0.2) is 72.6 Å². The maximum atomic E-state index is 13.0. The maximum Gasteiger partial charge on any atom is 0.227 e. The molecule has 1 aromatic rings. The van der Waals surface area contributed by atoms with Gasteiger partial charge in [-0.05, 0) is 38.8 Å². The highest BCUT2D eigenvalue weighted by Crippen LogP contribution is 2.22. The van der Waals surface area contributed by atoms with E-state index in [9.17, 15) is 9.59 Å². The fourth-order valence-corrected chi connectivity index (χ4v) is 4.75. The molecule has 2 aliphatic rings. The first-order valence-corrected chi connectivity index (χ1v) is 11.4. The van der Waals surface area contributed by atoms with Crippen molar-refractivity contribution < 1.29 is 14.3 Å². The Morgan fingerprint density at radius 1 is 1.16 bits per heavy atom. The van der Waals surface area contributed by atoms with Crippen molar-refractivity contribution in [1.82, 2.24) is 9.80 Å². The molecule has 0 N–H and O–H groups in total. The zero-order valence-corrected chi connectivity index (χ0v) is 18.7. The number of amides is 2. The van der Waals surface area contributed by atoms with Crippen molar-refractivity contribution >= 4 is 17.5 Å². The van der Waals surface area contributed by atoms with Crippen molar-refractivity contribution in [2.45, 2.75) is 64.2 Å². The molecule has 0 radical (unpaired) electrons. The first kappa shape index (κ1) is 23.2. The topological polar surface area (TPSA) is 76.9 Å². The van der Waals surface area contributed by atoms with E-state index in [0.717, 1.165) is 44.7 Å². The number of nitriles is 1. The Morgan fingerprint density at radius 3 is 2.55 bits per heavy atom. The molecular formula is C24H34N4O3. The second-order valence-corrected chi connectivity index (χ2v) is 8.65. The van der Waals surface area contributed by atoms with Gasteiger partial charge in [0.2, 0.25) is 11.8 Å². The number of benzene rings is 1. The van der Waals surface area contributed by atoms with Gasteiger partial charge in [0.1, 0.15) is 0 Å². The number of hydrogen-bond acceptors (Lipinski definition) is 5. The van der Waals surface area contributed by atoms with E-state index in [-0.39, 0.29) is 49.3 Å². The smallest absolute Gasteiger partial charge is 0.227 e. The molecule has 31 heavy (non-hydrogen) atoms. The van der Waals surface area contributed by atoms with Gasteiger partial charge >= 0.3 is 0 Å². The van der Waals surface area contributed by atoms with Crippen molar-refractivity contribution in [1.29, 1.82) is 5.26 Å². The summed E-state index contributed by atoms with van der Waals surface area (Å²) < 4.78 is 5.82. The second-order valence-electron chi connectivity index (χ2n) is 8.65. The third kappa shape index (κ3) is 6.52. The van der Waals surface area contributed by atoms with Gasteiger partial charge in [-0.2, -0.15) is 5.26 Å². The molecule has 2 amide bonds. The van der Waals surface area contributed by atoms with Crippen LogP contribution in [0.4, 0.5) is 5.69 Å². The Balaban J connectivity index is 1.54. The molecule has 2 heterocycles. The minimum atomic E-state index is -0.110. The van der Waals surface area contributed by atoms with Gasteiger partial charge in [-0.1, -0.05) is 18.2 Å². The van der Waals surface area contributed by atoms with E-state index in [0.29, 0.717) is 6.54 Å². The zero-order chi connectivity index (χ0) is 22.2. The quantitative estimate of drug-likeness (QED) is 0.639. The van der Waals surface area contributed by atoms with Gasteiger partial charge < -0.3 is 14.5 Å². The minimum absolute atomic E-state index is 0.0542. The molecule has 0 saturated carbocycles. The highest BCUT2D eigenvalue weighted by atomic mass is 16.5. The molecule has 3 atom stereocenters.